The highest BCUT2D eigenvalue weighted by molar-refractivity contribution is 6.11. The van der Waals surface area contributed by atoms with E-state index in [4.69, 9.17) is 0 Å². The summed E-state index contributed by atoms with van der Waals surface area (Å²) >= 11 is 0. The van der Waals surface area contributed by atoms with Crippen LogP contribution in [0.25, 0.3) is 56.1 Å². The molecule has 0 unspecified atom stereocenters. The first-order valence-electron chi connectivity index (χ1n) is 22.9. The molecule has 0 N–H and O–H groups in total. The van der Waals surface area contributed by atoms with Crippen LogP contribution in [0.4, 0.5) is 17.1 Å². The highest BCUT2D eigenvalue weighted by Gasteiger charge is 2.43. The maximum absolute atomic E-state index is 4.49. The molecular formula is C63H56N2. The van der Waals surface area contributed by atoms with Crippen LogP contribution in [0.1, 0.15) is 79.3 Å². The Bertz CT molecular complexity index is 3320. The summed E-state index contributed by atoms with van der Waals surface area (Å²) < 4.78 is 2.39. The number of nitrogens with zero attached hydrogens (tertiary/aromatic N) is 2. The molecule has 65 heavy (non-hydrogen) atoms. The van der Waals surface area contributed by atoms with Gasteiger partial charge < -0.3 is 9.47 Å². The molecule has 0 saturated heterocycles. The number of anilines is 3. The quantitative estimate of drug-likeness (QED) is 0.125. The minimum Gasteiger partial charge on any atom is -0.310 e. The third kappa shape index (κ3) is 6.54. The van der Waals surface area contributed by atoms with E-state index in [2.05, 4.69) is 247 Å². The van der Waals surface area contributed by atoms with E-state index < -0.39 is 0 Å². The molecule has 2 nitrogen and oxygen atoms in total. The molecule has 1 heterocycles. The molecule has 2 aliphatic carbocycles. The average Bonchev–Trinajstić information content (AvgIpc) is 3.83. The van der Waals surface area contributed by atoms with Gasteiger partial charge in [0.1, 0.15) is 0 Å². The van der Waals surface area contributed by atoms with Gasteiger partial charge in [0.2, 0.25) is 0 Å². The number of aryl methyl sites for hydroxylation is 2. The van der Waals surface area contributed by atoms with Crippen LogP contribution in [0.5, 0.6) is 0 Å². The molecule has 0 radical (unpaired) electrons. The second kappa shape index (κ2) is 16.0. The standard InChI is InChI=1S/C63H56N2/c1-10-13-34-58-42(5)49-31-18-20-36-59(49)65(58)47-30-22-26-44(38-47)50-32-23-33-54-61(50)52-40-55-51(39-56(52)63(54,8)9)60(53(12-3)62(55,6)7)48(11-2)43-25-21-29-46(37-43)64(45-27-15-14-16-28-45)57-35-19-17-24-41(57)4/h10-40H,1,3H2,2,4-9H3/b34-13-,48-11-. The van der Waals surface area contributed by atoms with Gasteiger partial charge in [0.15, 0.2) is 0 Å². The highest BCUT2D eigenvalue weighted by atomic mass is 15.1. The number of para-hydroxylation sites is 3. The molecule has 0 fully saturated rings. The Balaban J connectivity index is 1.11. The van der Waals surface area contributed by atoms with E-state index in [9.17, 15) is 0 Å². The van der Waals surface area contributed by atoms with Crippen LogP contribution in [-0.2, 0) is 10.8 Å². The van der Waals surface area contributed by atoms with Gasteiger partial charge in [-0.1, -0.05) is 162 Å². The van der Waals surface area contributed by atoms with Gasteiger partial charge in [0.05, 0.1) is 5.52 Å². The predicted molar refractivity (Wildman–Crippen MR) is 280 cm³/mol. The summed E-state index contributed by atoms with van der Waals surface area (Å²) in [6.45, 7) is 24.6. The van der Waals surface area contributed by atoms with Crippen LogP contribution in [0.15, 0.2) is 201 Å². The number of hydrogen-bond acceptors (Lipinski definition) is 1. The number of rotatable bonds is 10. The molecule has 0 bridgehead atoms. The Kier molecular flexibility index (Phi) is 10.2. The fourth-order valence-electron chi connectivity index (χ4n) is 11.0. The van der Waals surface area contributed by atoms with Crippen LogP contribution >= 0.6 is 0 Å². The Hall–Kier alpha value is -7.42. The molecule has 318 valence electrons. The molecule has 8 aromatic rings. The van der Waals surface area contributed by atoms with E-state index in [1.54, 1.807) is 0 Å². The van der Waals surface area contributed by atoms with Crippen molar-refractivity contribution < 1.29 is 0 Å². The summed E-state index contributed by atoms with van der Waals surface area (Å²) in [5.41, 5.74) is 24.2. The number of fused-ring (bicyclic) bond motifs is 5. The summed E-state index contributed by atoms with van der Waals surface area (Å²) in [7, 11) is 0. The molecule has 1 aromatic heterocycles. The lowest BCUT2D eigenvalue weighted by molar-refractivity contribution is 0.647. The minimum absolute atomic E-state index is 0.227. The van der Waals surface area contributed by atoms with E-state index in [0.29, 0.717) is 0 Å². The summed E-state index contributed by atoms with van der Waals surface area (Å²) in [5.74, 6) is 0. The van der Waals surface area contributed by atoms with E-state index in [1.807, 2.05) is 12.2 Å². The summed E-state index contributed by atoms with van der Waals surface area (Å²) in [4.78, 5) is 2.38. The van der Waals surface area contributed by atoms with Gasteiger partial charge in [-0.05, 0) is 165 Å². The lowest BCUT2D eigenvalue weighted by Crippen LogP contribution is -2.17. The second-order valence-corrected chi connectivity index (χ2v) is 18.6. The molecule has 0 aliphatic heterocycles. The molecule has 7 aromatic carbocycles. The lowest BCUT2D eigenvalue weighted by Gasteiger charge is -2.28. The van der Waals surface area contributed by atoms with Crippen LogP contribution < -0.4 is 4.90 Å². The van der Waals surface area contributed by atoms with E-state index in [-0.39, 0.29) is 10.8 Å². The molecule has 0 spiro atoms. The topological polar surface area (TPSA) is 8.17 Å². The van der Waals surface area contributed by atoms with Gasteiger partial charge in [-0.25, -0.2) is 0 Å². The predicted octanol–water partition coefficient (Wildman–Crippen LogP) is 17.2. The first-order chi connectivity index (χ1) is 31.5. The average molecular weight is 841 g/mol. The van der Waals surface area contributed by atoms with E-state index in [0.717, 1.165) is 17.1 Å². The first kappa shape index (κ1) is 41.6. The van der Waals surface area contributed by atoms with Crippen molar-refractivity contribution in [3.63, 3.8) is 0 Å². The molecular weight excluding hydrogens is 785 g/mol. The van der Waals surface area contributed by atoms with Crippen molar-refractivity contribution in [1.29, 1.82) is 0 Å². The smallest absolute Gasteiger partial charge is 0.0537 e. The normalized spacial score (nSPS) is 14.7. The Morgan fingerprint density at radius 3 is 2.08 bits per heavy atom. The number of allylic oxidation sites excluding steroid dienone is 7. The summed E-state index contributed by atoms with van der Waals surface area (Å²) in [6, 6.07) is 58.2. The number of aromatic nitrogens is 1. The lowest BCUT2D eigenvalue weighted by atomic mass is 9.78. The number of hydrogen-bond donors (Lipinski definition) is 0. The van der Waals surface area contributed by atoms with Gasteiger partial charge in [0, 0.05) is 44.7 Å². The van der Waals surface area contributed by atoms with Crippen molar-refractivity contribution >= 4 is 45.2 Å². The zero-order valence-corrected chi connectivity index (χ0v) is 38.7. The zero-order valence-electron chi connectivity index (χ0n) is 38.7. The van der Waals surface area contributed by atoms with Crippen molar-refractivity contribution in [1.82, 2.24) is 4.57 Å². The third-order valence-corrected chi connectivity index (χ3v) is 14.3. The summed E-state index contributed by atoms with van der Waals surface area (Å²) in [6.07, 6.45) is 10.5. The molecule has 2 heteroatoms. The third-order valence-electron chi connectivity index (χ3n) is 14.3. The Labute approximate surface area is 385 Å². The van der Waals surface area contributed by atoms with Crippen molar-refractivity contribution in [2.45, 2.75) is 59.3 Å². The van der Waals surface area contributed by atoms with Crippen LogP contribution in [-0.4, -0.2) is 4.57 Å². The summed E-state index contributed by atoms with van der Waals surface area (Å²) in [5, 5.41) is 1.26. The van der Waals surface area contributed by atoms with Gasteiger partial charge in [-0.15, -0.1) is 0 Å². The Morgan fingerprint density at radius 1 is 0.615 bits per heavy atom. The van der Waals surface area contributed by atoms with Gasteiger partial charge in [-0.2, -0.15) is 0 Å². The van der Waals surface area contributed by atoms with Gasteiger partial charge in [-0.3, -0.25) is 0 Å². The highest BCUT2D eigenvalue weighted by Crippen LogP contribution is 2.58. The molecule has 2 aliphatic rings. The maximum Gasteiger partial charge on any atom is 0.0537 e. The zero-order chi connectivity index (χ0) is 45.2. The van der Waals surface area contributed by atoms with Crippen molar-refractivity contribution in [2.75, 3.05) is 4.90 Å². The van der Waals surface area contributed by atoms with Crippen molar-refractivity contribution in [3.8, 4) is 27.9 Å². The monoisotopic (exact) mass is 840 g/mol. The van der Waals surface area contributed by atoms with Crippen molar-refractivity contribution in [3.05, 3.63) is 245 Å². The van der Waals surface area contributed by atoms with Crippen molar-refractivity contribution in [2.24, 2.45) is 0 Å². The van der Waals surface area contributed by atoms with E-state index in [1.165, 1.54) is 100 Å². The van der Waals surface area contributed by atoms with Gasteiger partial charge in [0.25, 0.3) is 0 Å². The fraction of sp³-hybridized carbons (Fsp3) is 0.143. The van der Waals surface area contributed by atoms with Crippen LogP contribution in [0, 0.1) is 13.8 Å². The molecule has 0 amide bonds. The SMILES string of the molecule is C=C/C=C\c1c(C)c2ccccc2n1-c1cccc(-c2cccc3c2-c2cc4c(cc2C3(C)C)C(/C(=C\C)c2cccc(N(c3ccccc3)c3ccccc3C)c2)=C(C=C)C4(C)C)c1. The van der Waals surface area contributed by atoms with Crippen LogP contribution in [0.2, 0.25) is 0 Å². The second-order valence-electron chi connectivity index (χ2n) is 18.6. The maximum atomic E-state index is 4.49. The molecule has 10 rings (SSSR count). The van der Waals surface area contributed by atoms with Crippen LogP contribution in [0.3, 0.4) is 0 Å². The van der Waals surface area contributed by atoms with E-state index >= 15 is 0 Å². The van der Waals surface area contributed by atoms with Gasteiger partial charge >= 0.3 is 0 Å². The molecule has 0 atom stereocenters. The first-order valence-corrected chi connectivity index (χ1v) is 22.9. The largest absolute Gasteiger partial charge is 0.310 e. The number of benzene rings is 7. The fourth-order valence-corrected chi connectivity index (χ4v) is 11.0. The molecule has 0 saturated carbocycles. The Morgan fingerprint density at radius 2 is 1.31 bits per heavy atom. The minimum atomic E-state index is -0.283.